The van der Waals surface area contributed by atoms with Crippen LogP contribution in [0.4, 0.5) is 4.79 Å². The highest BCUT2D eigenvalue weighted by Gasteiger charge is 2.24. The Labute approximate surface area is 153 Å². The molecule has 0 saturated heterocycles. The van der Waals surface area contributed by atoms with E-state index in [1.54, 1.807) is 13.0 Å². The van der Waals surface area contributed by atoms with E-state index in [2.05, 4.69) is 16.0 Å². The van der Waals surface area contributed by atoms with E-state index in [-0.39, 0.29) is 12.5 Å². The summed E-state index contributed by atoms with van der Waals surface area (Å²) in [6.07, 6.45) is 4.84. The molecule has 3 amide bonds. The summed E-state index contributed by atoms with van der Waals surface area (Å²) in [5, 5.41) is 8.12. The number of hydrogen-bond donors (Lipinski definition) is 3. The topological polar surface area (TPSA) is 96.5 Å². The first-order chi connectivity index (χ1) is 12.6. The second-order valence-electron chi connectivity index (χ2n) is 5.96. The minimum absolute atomic E-state index is 0.00583. The molecule has 0 aliphatic carbocycles. The smallest absolute Gasteiger partial charge is 0.329 e. The number of benzene rings is 1. The molecule has 2 atom stereocenters. The summed E-state index contributed by atoms with van der Waals surface area (Å²) in [5.74, 6) is -0.631. The molecule has 2 rings (SSSR count). The molecule has 0 bridgehead atoms. The molecule has 0 spiro atoms. The number of hydrogen-bond acceptors (Lipinski definition) is 4. The number of cyclic esters (lactones) is 1. The van der Waals surface area contributed by atoms with Gasteiger partial charge in [-0.15, -0.1) is 0 Å². The van der Waals surface area contributed by atoms with Gasteiger partial charge in [0.1, 0.15) is 12.6 Å². The molecule has 0 fully saturated rings. The highest BCUT2D eigenvalue weighted by atomic mass is 16.5. The highest BCUT2D eigenvalue weighted by molar-refractivity contribution is 5.83. The van der Waals surface area contributed by atoms with Crippen LogP contribution >= 0.6 is 0 Å². The van der Waals surface area contributed by atoms with Crippen molar-refractivity contribution in [3.63, 3.8) is 0 Å². The van der Waals surface area contributed by atoms with E-state index in [9.17, 15) is 14.4 Å². The van der Waals surface area contributed by atoms with Gasteiger partial charge in [-0.25, -0.2) is 9.59 Å². The Hall–Kier alpha value is -2.83. The van der Waals surface area contributed by atoms with E-state index in [0.717, 1.165) is 5.56 Å². The Morgan fingerprint density at radius 2 is 2.00 bits per heavy atom. The lowest BCUT2D eigenvalue weighted by Gasteiger charge is -2.22. The summed E-state index contributed by atoms with van der Waals surface area (Å²) in [7, 11) is 0. The maximum atomic E-state index is 12.4. The van der Waals surface area contributed by atoms with Crippen molar-refractivity contribution in [2.75, 3.05) is 13.2 Å². The fraction of sp³-hybridized carbons (Fsp3) is 0.421. The number of nitrogens with one attached hydrogen (secondary N) is 3. The number of rotatable bonds is 3. The van der Waals surface area contributed by atoms with Crippen molar-refractivity contribution in [1.29, 1.82) is 0 Å². The molecule has 3 N–H and O–H groups in total. The van der Waals surface area contributed by atoms with Gasteiger partial charge in [0.25, 0.3) is 0 Å². The van der Waals surface area contributed by atoms with Gasteiger partial charge in [-0.2, -0.15) is 0 Å². The quantitative estimate of drug-likeness (QED) is 0.566. The van der Waals surface area contributed by atoms with Gasteiger partial charge in [-0.3, -0.25) is 4.79 Å². The van der Waals surface area contributed by atoms with Crippen LogP contribution in [0.3, 0.4) is 0 Å². The molecule has 26 heavy (non-hydrogen) atoms. The molecule has 0 radical (unpaired) electrons. The number of esters is 1. The zero-order valence-corrected chi connectivity index (χ0v) is 14.9. The average molecular weight is 359 g/mol. The van der Waals surface area contributed by atoms with E-state index < -0.39 is 24.1 Å². The molecular weight excluding hydrogens is 334 g/mol. The monoisotopic (exact) mass is 359 g/mol. The fourth-order valence-electron chi connectivity index (χ4n) is 2.59. The zero-order chi connectivity index (χ0) is 18.8. The van der Waals surface area contributed by atoms with Crippen molar-refractivity contribution in [1.82, 2.24) is 16.0 Å². The molecule has 1 aromatic rings. The molecule has 7 nitrogen and oxygen atoms in total. The summed E-state index contributed by atoms with van der Waals surface area (Å²) < 4.78 is 5.39. The second kappa shape index (κ2) is 10.2. The molecule has 1 heterocycles. The van der Waals surface area contributed by atoms with Crippen LogP contribution in [0.5, 0.6) is 0 Å². The summed E-state index contributed by atoms with van der Waals surface area (Å²) in [4.78, 5) is 36.3. The fourth-order valence-corrected chi connectivity index (χ4v) is 2.59. The Morgan fingerprint density at radius 1 is 1.23 bits per heavy atom. The van der Waals surface area contributed by atoms with Crippen LogP contribution in [0, 0.1) is 0 Å². The molecule has 1 aliphatic rings. The van der Waals surface area contributed by atoms with E-state index in [1.165, 1.54) is 0 Å². The number of carbonyl (C=O) groups excluding carboxylic acids is 3. The van der Waals surface area contributed by atoms with Crippen LogP contribution < -0.4 is 16.0 Å². The lowest BCUT2D eigenvalue weighted by molar-refractivity contribution is -0.147. The highest BCUT2D eigenvalue weighted by Crippen LogP contribution is 2.15. The molecule has 0 saturated carbocycles. The van der Waals surface area contributed by atoms with Crippen molar-refractivity contribution in [2.45, 2.75) is 38.3 Å². The van der Waals surface area contributed by atoms with Crippen molar-refractivity contribution < 1.29 is 19.1 Å². The van der Waals surface area contributed by atoms with Gasteiger partial charge in [0.05, 0.1) is 6.04 Å². The van der Waals surface area contributed by atoms with E-state index >= 15 is 0 Å². The first kappa shape index (κ1) is 19.5. The third kappa shape index (κ3) is 6.23. The summed E-state index contributed by atoms with van der Waals surface area (Å²) in [5.41, 5.74) is 0.856. The van der Waals surface area contributed by atoms with Gasteiger partial charge in [0, 0.05) is 13.0 Å². The molecule has 0 aromatic heterocycles. The molecule has 7 heteroatoms. The third-order valence-corrected chi connectivity index (χ3v) is 3.93. The first-order valence-corrected chi connectivity index (χ1v) is 8.80. The van der Waals surface area contributed by atoms with Crippen LogP contribution in [0.25, 0.3) is 0 Å². The predicted molar refractivity (Wildman–Crippen MR) is 97.3 cm³/mol. The van der Waals surface area contributed by atoms with E-state index in [0.29, 0.717) is 25.8 Å². The summed E-state index contributed by atoms with van der Waals surface area (Å²) in [6, 6.07) is 7.73. The van der Waals surface area contributed by atoms with Crippen LogP contribution in [0.15, 0.2) is 42.5 Å². The largest absolute Gasteiger partial charge is 0.462 e. The summed E-state index contributed by atoms with van der Waals surface area (Å²) >= 11 is 0. The summed E-state index contributed by atoms with van der Waals surface area (Å²) in [6.45, 7) is 2.27. The minimum atomic E-state index is -0.774. The Bertz CT molecular complexity index is 645. The third-order valence-electron chi connectivity index (χ3n) is 3.93. The maximum Gasteiger partial charge on any atom is 0.329 e. The van der Waals surface area contributed by atoms with E-state index in [4.69, 9.17) is 4.74 Å². The van der Waals surface area contributed by atoms with Crippen LogP contribution in [-0.2, 0) is 14.3 Å². The molecule has 1 unspecified atom stereocenters. The molecular formula is C19H25N3O4. The standard InChI is InChI=1S/C19H25N3O4/c1-2-20-19(25)22-15-11-7-4-8-12-17(23)21-16(13-26-18(15)24)14-9-5-3-6-10-14/h3-7,9-10,15-16H,2,8,11-13H2,1H3,(H,21,23)(H2,20,22,25)/b7-4+/t15-,16?/m1/s1. The van der Waals surface area contributed by atoms with Gasteiger partial charge in [0.15, 0.2) is 0 Å². The number of allylic oxidation sites excluding steroid dienone is 1. The first-order valence-electron chi connectivity index (χ1n) is 8.80. The Kier molecular flexibility index (Phi) is 7.67. The van der Waals surface area contributed by atoms with Gasteiger partial charge in [0.2, 0.25) is 5.91 Å². The van der Waals surface area contributed by atoms with Gasteiger partial charge in [-0.1, -0.05) is 42.5 Å². The van der Waals surface area contributed by atoms with Gasteiger partial charge >= 0.3 is 12.0 Å². The van der Waals surface area contributed by atoms with Crippen molar-refractivity contribution in [2.24, 2.45) is 0 Å². The van der Waals surface area contributed by atoms with E-state index in [1.807, 2.05) is 36.4 Å². The van der Waals surface area contributed by atoms with Crippen LogP contribution in [0.1, 0.15) is 37.8 Å². The number of amides is 3. The molecule has 1 aromatic carbocycles. The number of ether oxygens (including phenoxy) is 1. The van der Waals surface area contributed by atoms with Crippen LogP contribution in [-0.4, -0.2) is 37.1 Å². The van der Waals surface area contributed by atoms with Crippen molar-refractivity contribution >= 4 is 17.9 Å². The Balaban J connectivity index is 2.12. The molecule has 140 valence electrons. The minimum Gasteiger partial charge on any atom is -0.462 e. The normalized spacial score (nSPS) is 22.8. The lowest BCUT2D eigenvalue weighted by Crippen LogP contribution is -2.47. The predicted octanol–water partition coefficient (Wildman–Crippen LogP) is 1.81. The zero-order valence-electron chi connectivity index (χ0n) is 14.9. The molecule has 1 aliphatic heterocycles. The lowest BCUT2D eigenvalue weighted by atomic mass is 10.1. The maximum absolute atomic E-state index is 12.4. The van der Waals surface area contributed by atoms with Gasteiger partial charge in [-0.05, 0) is 25.3 Å². The Morgan fingerprint density at radius 3 is 2.73 bits per heavy atom. The van der Waals surface area contributed by atoms with Gasteiger partial charge < -0.3 is 20.7 Å². The SMILES string of the molecule is CCNC(=O)N[C@@H]1C/C=C/CCC(=O)NC(c2ccccc2)COC1=O. The van der Waals surface area contributed by atoms with Crippen molar-refractivity contribution in [3.05, 3.63) is 48.0 Å². The second-order valence-corrected chi connectivity index (χ2v) is 5.96. The van der Waals surface area contributed by atoms with Crippen molar-refractivity contribution in [3.8, 4) is 0 Å². The number of carbonyl (C=O) groups is 3. The number of urea groups is 1. The average Bonchev–Trinajstić information content (AvgIpc) is 2.63. The van der Waals surface area contributed by atoms with Crippen LogP contribution in [0.2, 0.25) is 0 Å².